The monoisotopic (exact) mass is 286 g/mol. The fraction of sp³-hybridized carbons (Fsp3) is 0.375. The fourth-order valence-corrected chi connectivity index (χ4v) is 1.98. The summed E-state index contributed by atoms with van der Waals surface area (Å²) < 4.78 is 1.88. The Morgan fingerprint density at radius 1 is 1.24 bits per heavy atom. The van der Waals surface area contributed by atoms with Gasteiger partial charge in [-0.05, 0) is 33.3 Å². The number of carbonyl (C=O) groups excluding carboxylic acids is 1. The maximum atomic E-state index is 11.8. The van der Waals surface area contributed by atoms with Crippen LogP contribution in [-0.2, 0) is 6.54 Å². The molecule has 1 aromatic carbocycles. The van der Waals surface area contributed by atoms with E-state index in [0.717, 1.165) is 5.69 Å². The second-order valence-corrected chi connectivity index (χ2v) is 6.14. The number of nitrogens with one attached hydrogen (secondary N) is 2. The van der Waals surface area contributed by atoms with Crippen molar-refractivity contribution in [2.24, 2.45) is 0 Å². The molecule has 0 atom stereocenters. The minimum atomic E-state index is -0.272. The van der Waals surface area contributed by atoms with E-state index in [1.165, 1.54) is 5.56 Å². The molecule has 0 bridgehead atoms. The van der Waals surface area contributed by atoms with Crippen LogP contribution in [0.15, 0.2) is 36.4 Å². The first-order valence-corrected chi connectivity index (χ1v) is 7.01. The Hall–Kier alpha value is -2.30. The molecule has 0 saturated heterocycles. The Labute approximate surface area is 125 Å². The second-order valence-electron chi connectivity index (χ2n) is 6.14. The number of amides is 2. The average Bonchev–Trinajstić information content (AvgIpc) is 2.68. The quantitative estimate of drug-likeness (QED) is 0.910. The molecule has 1 aromatic heterocycles. The van der Waals surface area contributed by atoms with Crippen molar-refractivity contribution in [2.45, 2.75) is 39.8 Å². The Balaban J connectivity index is 2.04. The number of anilines is 1. The third-order valence-corrected chi connectivity index (χ3v) is 2.89. The summed E-state index contributed by atoms with van der Waals surface area (Å²) in [5.74, 6) is 0.560. The van der Waals surface area contributed by atoms with Crippen LogP contribution in [0, 0.1) is 6.92 Å². The molecule has 2 aromatic rings. The van der Waals surface area contributed by atoms with Crippen molar-refractivity contribution in [3.8, 4) is 0 Å². The molecule has 112 valence electrons. The van der Waals surface area contributed by atoms with Crippen LogP contribution in [0.3, 0.4) is 0 Å². The molecule has 0 saturated carbocycles. The van der Waals surface area contributed by atoms with Crippen LogP contribution in [0.5, 0.6) is 0 Å². The number of hydrogen-bond acceptors (Lipinski definition) is 2. The third-order valence-electron chi connectivity index (χ3n) is 2.89. The van der Waals surface area contributed by atoms with Gasteiger partial charge in [-0.15, -0.1) is 0 Å². The second kappa shape index (κ2) is 5.99. The molecule has 0 aliphatic heterocycles. The van der Waals surface area contributed by atoms with Gasteiger partial charge in [-0.3, -0.25) is 10.00 Å². The van der Waals surface area contributed by atoms with Crippen molar-refractivity contribution in [1.29, 1.82) is 0 Å². The SMILES string of the molecule is Cc1cc(NC(=O)NC(C)(C)C)nn1Cc1ccccc1. The number of nitrogens with zero attached hydrogens (tertiary/aromatic N) is 2. The third kappa shape index (κ3) is 4.63. The molecule has 21 heavy (non-hydrogen) atoms. The fourth-order valence-electron chi connectivity index (χ4n) is 1.98. The Kier molecular flexibility index (Phi) is 4.31. The van der Waals surface area contributed by atoms with Gasteiger partial charge in [-0.1, -0.05) is 30.3 Å². The van der Waals surface area contributed by atoms with E-state index >= 15 is 0 Å². The lowest BCUT2D eigenvalue weighted by Gasteiger charge is -2.20. The summed E-state index contributed by atoms with van der Waals surface area (Å²) in [4.78, 5) is 11.8. The van der Waals surface area contributed by atoms with Gasteiger partial charge < -0.3 is 5.32 Å². The van der Waals surface area contributed by atoms with E-state index < -0.39 is 0 Å². The van der Waals surface area contributed by atoms with Gasteiger partial charge in [-0.2, -0.15) is 5.10 Å². The van der Waals surface area contributed by atoms with Gasteiger partial charge in [0.1, 0.15) is 0 Å². The molecular formula is C16H22N4O. The van der Waals surface area contributed by atoms with Crippen molar-refractivity contribution in [3.63, 3.8) is 0 Å². The number of aryl methyl sites for hydroxylation is 1. The molecule has 0 fully saturated rings. The van der Waals surface area contributed by atoms with Crippen molar-refractivity contribution in [3.05, 3.63) is 47.7 Å². The number of rotatable bonds is 3. The zero-order valence-electron chi connectivity index (χ0n) is 13.0. The lowest BCUT2D eigenvalue weighted by Crippen LogP contribution is -2.43. The summed E-state index contributed by atoms with van der Waals surface area (Å²) in [6, 6.07) is 11.7. The van der Waals surface area contributed by atoms with Gasteiger partial charge >= 0.3 is 6.03 Å². The lowest BCUT2D eigenvalue weighted by molar-refractivity contribution is 0.243. The normalized spacial score (nSPS) is 11.2. The van der Waals surface area contributed by atoms with E-state index in [1.54, 1.807) is 0 Å². The van der Waals surface area contributed by atoms with Crippen LogP contribution in [0.25, 0.3) is 0 Å². The maximum Gasteiger partial charge on any atom is 0.320 e. The predicted molar refractivity (Wildman–Crippen MR) is 84.4 cm³/mol. The smallest absolute Gasteiger partial charge is 0.320 e. The van der Waals surface area contributed by atoms with E-state index in [-0.39, 0.29) is 11.6 Å². The highest BCUT2D eigenvalue weighted by Crippen LogP contribution is 2.11. The molecule has 2 amide bonds. The molecule has 0 aliphatic rings. The van der Waals surface area contributed by atoms with Gasteiger partial charge in [0.2, 0.25) is 0 Å². The summed E-state index contributed by atoms with van der Waals surface area (Å²) in [6.45, 7) is 8.47. The summed E-state index contributed by atoms with van der Waals surface area (Å²) in [5, 5.41) is 10.0. The highest BCUT2D eigenvalue weighted by Gasteiger charge is 2.15. The van der Waals surface area contributed by atoms with Crippen LogP contribution in [0.1, 0.15) is 32.0 Å². The zero-order chi connectivity index (χ0) is 15.5. The minimum Gasteiger partial charge on any atom is -0.333 e. The van der Waals surface area contributed by atoms with E-state index in [4.69, 9.17) is 0 Å². The highest BCUT2D eigenvalue weighted by molar-refractivity contribution is 5.88. The molecule has 0 radical (unpaired) electrons. The number of aromatic nitrogens is 2. The van der Waals surface area contributed by atoms with Crippen LogP contribution in [0.4, 0.5) is 10.6 Å². The summed E-state index contributed by atoms with van der Waals surface area (Å²) in [7, 11) is 0. The van der Waals surface area contributed by atoms with Crippen molar-refractivity contribution in [1.82, 2.24) is 15.1 Å². The zero-order valence-corrected chi connectivity index (χ0v) is 13.0. The number of benzene rings is 1. The molecule has 0 spiro atoms. The highest BCUT2D eigenvalue weighted by atomic mass is 16.2. The first-order valence-electron chi connectivity index (χ1n) is 7.01. The van der Waals surface area contributed by atoms with Crippen LogP contribution < -0.4 is 10.6 Å². The predicted octanol–water partition coefficient (Wildman–Crippen LogP) is 3.16. The van der Waals surface area contributed by atoms with Crippen molar-refractivity contribution < 1.29 is 4.79 Å². The molecule has 0 aliphatic carbocycles. The molecular weight excluding hydrogens is 264 g/mol. The van der Waals surface area contributed by atoms with Gasteiger partial charge in [0, 0.05) is 17.3 Å². The van der Waals surface area contributed by atoms with E-state index in [9.17, 15) is 4.79 Å². The molecule has 2 rings (SSSR count). The minimum absolute atomic E-state index is 0.244. The Morgan fingerprint density at radius 3 is 2.52 bits per heavy atom. The molecule has 0 unspecified atom stereocenters. The molecule has 5 nitrogen and oxygen atoms in total. The maximum absolute atomic E-state index is 11.8. The standard InChI is InChI=1S/C16H22N4O/c1-12-10-14(17-15(21)18-16(2,3)4)19-20(12)11-13-8-6-5-7-9-13/h5-10H,11H2,1-4H3,(H2,17,18,19,21). The van der Waals surface area contributed by atoms with Gasteiger partial charge in [0.25, 0.3) is 0 Å². The average molecular weight is 286 g/mol. The van der Waals surface area contributed by atoms with Gasteiger partial charge in [-0.25, -0.2) is 4.79 Å². The Morgan fingerprint density at radius 2 is 1.90 bits per heavy atom. The van der Waals surface area contributed by atoms with Crippen molar-refractivity contribution >= 4 is 11.8 Å². The van der Waals surface area contributed by atoms with Crippen LogP contribution in [-0.4, -0.2) is 21.4 Å². The largest absolute Gasteiger partial charge is 0.333 e. The Bertz CT molecular complexity index is 611. The van der Waals surface area contributed by atoms with Gasteiger partial charge in [0.05, 0.1) is 6.54 Å². The number of urea groups is 1. The molecule has 2 N–H and O–H groups in total. The molecule has 1 heterocycles. The number of carbonyl (C=O) groups is 1. The number of hydrogen-bond donors (Lipinski definition) is 2. The topological polar surface area (TPSA) is 59.0 Å². The van der Waals surface area contributed by atoms with E-state index in [2.05, 4.69) is 27.9 Å². The first kappa shape index (κ1) is 15.1. The van der Waals surface area contributed by atoms with Crippen molar-refractivity contribution in [2.75, 3.05) is 5.32 Å². The van der Waals surface area contributed by atoms with Crippen LogP contribution >= 0.6 is 0 Å². The van der Waals surface area contributed by atoms with E-state index in [1.807, 2.05) is 56.6 Å². The molecule has 5 heteroatoms. The van der Waals surface area contributed by atoms with Gasteiger partial charge in [0.15, 0.2) is 5.82 Å². The lowest BCUT2D eigenvalue weighted by atomic mass is 10.1. The summed E-state index contributed by atoms with van der Waals surface area (Å²) >= 11 is 0. The first-order chi connectivity index (χ1) is 9.83. The van der Waals surface area contributed by atoms with E-state index in [0.29, 0.717) is 12.4 Å². The summed E-state index contributed by atoms with van der Waals surface area (Å²) in [6.07, 6.45) is 0. The summed E-state index contributed by atoms with van der Waals surface area (Å²) in [5.41, 5.74) is 1.91. The van der Waals surface area contributed by atoms with Crippen LogP contribution in [0.2, 0.25) is 0 Å².